The van der Waals surface area contributed by atoms with Crippen LogP contribution in [-0.4, -0.2) is 31.2 Å². The molecule has 0 bridgehead atoms. The summed E-state index contributed by atoms with van der Waals surface area (Å²) in [5, 5.41) is 1.89. The molecule has 0 heterocycles. The molecule has 1 amide bonds. The number of esters is 1. The fraction of sp³-hybridized carbons (Fsp3) is 0.273. The van der Waals surface area contributed by atoms with E-state index >= 15 is 0 Å². The van der Waals surface area contributed by atoms with Crippen LogP contribution in [0.25, 0.3) is 0 Å². The maximum Gasteiger partial charge on any atom is 0.419 e. The van der Waals surface area contributed by atoms with Crippen LogP contribution in [0.15, 0.2) is 24.3 Å². The number of benzene rings is 1. The van der Waals surface area contributed by atoms with Gasteiger partial charge in [-0.3, -0.25) is 4.79 Å². The lowest BCUT2D eigenvalue weighted by molar-refractivity contribution is -0.180. The maximum absolute atomic E-state index is 12.6. The average molecular weight is 296 g/mol. The van der Waals surface area contributed by atoms with Crippen molar-refractivity contribution in [3.05, 3.63) is 34.9 Å². The molecule has 0 saturated carbocycles. The van der Waals surface area contributed by atoms with E-state index in [-0.39, 0.29) is 5.56 Å². The monoisotopic (exact) mass is 295 g/mol. The second-order valence-electron chi connectivity index (χ2n) is 3.48. The van der Waals surface area contributed by atoms with Gasteiger partial charge in [0.25, 0.3) is 5.91 Å². The van der Waals surface area contributed by atoms with Crippen molar-refractivity contribution in [2.75, 3.05) is 7.11 Å². The number of amides is 1. The predicted octanol–water partition coefficient (Wildman–Crippen LogP) is 2.17. The summed E-state index contributed by atoms with van der Waals surface area (Å²) < 4.78 is 41.7. The largest absolute Gasteiger partial charge is 0.467 e. The van der Waals surface area contributed by atoms with E-state index in [4.69, 9.17) is 11.6 Å². The Kier molecular flexibility index (Phi) is 4.77. The molecule has 19 heavy (non-hydrogen) atoms. The minimum Gasteiger partial charge on any atom is -0.467 e. The molecular weight excluding hydrogens is 287 g/mol. The van der Waals surface area contributed by atoms with Crippen LogP contribution in [0.4, 0.5) is 13.2 Å². The van der Waals surface area contributed by atoms with E-state index in [9.17, 15) is 22.8 Å². The smallest absolute Gasteiger partial charge is 0.419 e. The Morgan fingerprint density at radius 3 is 2.21 bits per heavy atom. The van der Waals surface area contributed by atoms with Gasteiger partial charge >= 0.3 is 12.1 Å². The summed E-state index contributed by atoms with van der Waals surface area (Å²) in [4.78, 5) is 22.6. The normalized spacial score (nSPS) is 12.7. The van der Waals surface area contributed by atoms with Crippen molar-refractivity contribution in [2.24, 2.45) is 0 Å². The third-order valence-electron chi connectivity index (χ3n) is 2.15. The van der Waals surface area contributed by atoms with Crippen LogP contribution in [0.2, 0.25) is 5.02 Å². The van der Waals surface area contributed by atoms with Gasteiger partial charge in [0.15, 0.2) is 0 Å². The van der Waals surface area contributed by atoms with Crippen LogP contribution in [0.3, 0.4) is 0 Å². The highest BCUT2D eigenvalue weighted by molar-refractivity contribution is 6.30. The van der Waals surface area contributed by atoms with E-state index in [0.29, 0.717) is 5.02 Å². The van der Waals surface area contributed by atoms with Gasteiger partial charge < -0.3 is 10.1 Å². The van der Waals surface area contributed by atoms with E-state index in [1.54, 1.807) is 5.32 Å². The van der Waals surface area contributed by atoms with Gasteiger partial charge in [0.05, 0.1) is 7.11 Å². The number of alkyl halides is 3. The Labute approximate surface area is 111 Å². The molecule has 0 radical (unpaired) electrons. The zero-order valence-corrected chi connectivity index (χ0v) is 10.4. The second kappa shape index (κ2) is 5.92. The van der Waals surface area contributed by atoms with Gasteiger partial charge in [0, 0.05) is 10.6 Å². The summed E-state index contributed by atoms with van der Waals surface area (Å²) in [6.07, 6.45) is -4.94. The number of nitrogens with one attached hydrogen (secondary N) is 1. The molecule has 104 valence electrons. The highest BCUT2D eigenvalue weighted by atomic mass is 35.5. The molecule has 8 heteroatoms. The molecule has 0 aliphatic rings. The van der Waals surface area contributed by atoms with Crippen molar-refractivity contribution in [3.63, 3.8) is 0 Å². The molecule has 1 atom stereocenters. The molecule has 0 aliphatic heterocycles. The molecule has 0 fully saturated rings. The van der Waals surface area contributed by atoms with Crippen molar-refractivity contribution in [1.82, 2.24) is 5.32 Å². The standard InChI is InChI=1S/C11H9ClF3NO3/c1-19-10(18)8(11(13,14)15)16-9(17)6-2-4-7(12)5-3-6/h2-5,8H,1H3,(H,16,17)/t8-/m1/s1. The van der Waals surface area contributed by atoms with E-state index in [2.05, 4.69) is 4.74 Å². The molecular formula is C11H9ClF3NO3. The highest BCUT2D eigenvalue weighted by Gasteiger charge is 2.47. The number of hydrogen-bond donors (Lipinski definition) is 1. The Hall–Kier alpha value is -1.76. The topological polar surface area (TPSA) is 55.4 Å². The van der Waals surface area contributed by atoms with Crippen LogP contribution >= 0.6 is 11.6 Å². The first kappa shape index (κ1) is 15.3. The summed E-state index contributed by atoms with van der Waals surface area (Å²) in [7, 11) is 0.801. The van der Waals surface area contributed by atoms with Crippen molar-refractivity contribution >= 4 is 23.5 Å². The molecule has 1 aromatic carbocycles. The predicted molar refractivity (Wildman–Crippen MR) is 60.8 cm³/mol. The maximum atomic E-state index is 12.6. The number of halogens is 4. The summed E-state index contributed by atoms with van der Waals surface area (Å²) in [6.45, 7) is 0. The number of hydrogen-bond acceptors (Lipinski definition) is 3. The van der Waals surface area contributed by atoms with Gasteiger partial charge in [0.1, 0.15) is 0 Å². The van der Waals surface area contributed by atoms with E-state index in [0.717, 1.165) is 7.11 Å². The van der Waals surface area contributed by atoms with Crippen LogP contribution < -0.4 is 5.32 Å². The molecule has 0 aromatic heterocycles. The number of carbonyl (C=O) groups is 2. The second-order valence-corrected chi connectivity index (χ2v) is 3.91. The quantitative estimate of drug-likeness (QED) is 0.870. The van der Waals surface area contributed by atoms with Gasteiger partial charge in [-0.25, -0.2) is 4.79 Å². The van der Waals surface area contributed by atoms with E-state index < -0.39 is 24.1 Å². The van der Waals surface area contributed by atoms with Crippen molar-refractivity contribution in [1.29, 1.82) is 0 Å². The molecule has 0 spiro atoms. The first-order valence-electron chi connectivity index (χ1n) is 4.96. The SMILES string of the molecule is COC(=O)[C@@H](NC(=O)c1ccc(Cl)cc1)C(F)(F)F. The Balaban J connectivity index is 2.88. The zero-order valence-electron chi connectivity index (χ0n) is 9.62. The molecule has 0 aliphatic carbocycles. The minimum absolute atomic E-state index is 0.0532. The van der Waals surface area contributed by atoms with E-state index in [1.165, 1.54) is 24.3 Å². The lowest BCUT2D eigenvalue weighted by Crippen LogP contribution is -2.51. The number of rotatable bonds is 3. The summed E-state index contributed by atoms with van der Waals surface area (Å²) in [6, 6.07) is 2.46. The van der Waals surface area contributed by atoms with Crippen LogP contribution in [-0.2, 0) is 9.53 Å². The molecule has 1 N–H and O–H groups in total. The number of methoxy groups -OCH3 is 1. The van der Waals surface area contributed by atoms with Gasteiger partial charge in [-0.2, -0.15) is 13.2 Å². The summed E-state index contributed by atoms with van der Waals surface area (Å²) in [5.74, 6) is -2.64. The van der Waals surface area contributed by atoms with Crippen LogP contribution in [0, 0.1) is 0 Å². The third-order valence-corrected chi connectivity index (χ3v) is 2.40. The third kappa shape index (κ3) is 4.13. The first-order valence-corrected chi connectivity index (χ1v) is 5.34. The minimum atomic E-state index is -4.94. The van der Waals surface area contributed by atoms with Crippen LogP contribution in [0.5, 0.6) is 0 Å². The zero-order chi connectivity index (χ0) is 14.6. The summed E-state index contributed by atoms with van der Waals surface area (Å²) in [5.41, 5.74) is -0.0532. The highest BCUT2D eigenvalue weighted by Crippen LogP contribution is 2.21. The average Bonchev–Trinajstić information content (AvgIpc) is 2.34. The summed E-state index contributed by atoms with van der Waals surface area (Å²) >= 11 is 5.58. The fourth-order valence-electron chi connectivity index (χ4n) is 1.21. The van der Waals surface area contributed by atoms with Gasteiger partial charge in [-0.1, -0.05) is 11.6 Å². The fourth-order valence-corrected chi connectivity index (χ4v) is 1.33. The Bertz CT molecular complexity index is 473. The van der Waals surface area contributed by atoms with Gasteiger partial charge in [-0.05, 0) is 24.3 Å². The van der Waals surface area contributed by atoms with Gasteiger partial charge in [0.2, 0.25) is 6.04 Å². The van der Waals surface area contributed by atoms with Crippen molar-refractivity contribution < 1.29 is 27.5 Å². The van der Waals surface area contributed by atoms with Gasteiger partial charge in [-0.15, -0.1) is 0 Å². The molecule has 1 rings (SSSR count). The Morgan fingerprint density at radius 2 is 1.79 bits per heavy atom. The van der Waals surface area contributed by atoms with Crippen molar-refractivity contribution in [2.45, 2.75) is 12.2 Å². The first-order chi connectivity index (χ1) is 8.75. The number of carbonyl (C=O) groups excluding carboxylic acids is 2. The van der Waals surface area contributed by atoms with Crippen LogP contribution in [0.1, 0.15) is 10.4 Å². The van der Waals surface area contributed by atoms with E-state index in [1.807, 2.05) is 0 Å². The molecule has 0 unspecified atom stereocenters. The Morgan fingerprint density at radius 1 is 1.26 bits per heavy atom. The van der Waals surface area contributed by atoms with Crippen molar-refractivity contribution in [3.8, 4) is 0 Å². The molecule has 1 aromatic rings. The molecule has 4 nitrogen and oxygen atoms in total. The number of ether oxygens (including phenoxy) is 1. The molecule has 0 saturated heterocycles. The lowest BCUT2D eigenvalue weighted by atomic mass is 10.2. The lowest BCUT2D eigenvalue weighted by Gasteiger charge is -2.19.